The van der Waals surface area contributed by atoms with Crippen molar-refractivity contribution in [1.82, 2.24) is 9.97 Å². The van der Waals surface area contributed by atoms with Crippen molar-refractivity contribution in [1.29, 1.82) is 0 Å². The lowest BCUT2D eigenvalue weighted by Crippen LogP contribution is -2.15. The fourth-order valence-corrected chi connectivity index (χ4v) is 3.37. The third-order valence-corrected chi connectivity index (χ3v) is 5.07. The second-order valence-corrected chi connectivity index (χ2v) is 7.47. The fourth-order valence-electron chi connectivity index (χ4n) is 3.37. The van der Waals surface area contributed by atoms with Gasteiger partial charge in [0, 0.05) is 30.0 Å². The van der Waals surface area contributed by atoms with Gasteiger partial charge in [0.25, 0.3) is 5.91 Å². The van der Waals surface area contributed by atoms with Crippen LogP contribution < -0.4 is 10.6 Å². The summed E-state index contributed by atoms with van der Waals surface area (Å²) in [6.45, 7) is 4.84. The Balaban J connectivity index is 1.51. The Morgan fingerprint density at radius 3 is 2.50 bits per heavy atom. The Labute approximate surface area is 176 Å². The number of aromatic nitrogens is 2. The molecule has 0 aliphatic carbocycles. The molecule has 0 unspecified atom stereocenters. The third-order valence-electron chi connectivity index (χ3n) is 5.07. The molecule has 0 atom stereocenters. The Kier molecular flexibility index (Phi) is 5.70. The largest absolute Gasteiger partial charge is 0.365 e. The smallest absolute Gasteiger partial charge is 0.259 e. The lowest BCUT2D eigenvalue weighted by atomic mass is 10.0. The zero-order valence-corrected chi connectivity index (χ0v) is 17.1. The molecule has 0 radical (unpaired) electrons. The summed E-state index contributed by atoms with van der Waals surface area (Å²) >= 11 is 0. The van der Waals surface area contributed by atoms with Gasteiger partial charge in [-0.3, -0.25) is 9.78 Å². The molecular weight excluding hydrogens is 372 g/mol. The van der Waals surface area contributed by atoms with Crippen LogP contribution >= 0.6 is 0 Å². The summed E-state index contributed by atoms with van der Waals surface area (Å²) in [6, 6.07) is 21.5. The van der Waals surface area contributed by atoms with Crippen LogP contribution in [0.2, 0.25) is 0 Å². The van der Waals surface area contributed by atoms with Crippen LogP contribution in [0.25, 0.3) is 10.9 Å². The summed E-state index contributed by atoms with van der Waals surface area (Å²) in [5.74, 6) is 0.810. The molecule has 0 spiro atoms. The van der Waals surface area contributed by atoms with E-state index in [2.05, 4.69) is 34.4 Å². The predicted octanol–water partition coefficient (Wildman–Crippen LogP) is 5.62. The highest BCUT2D eigenvalue weighted by Gasteiger charge is 2.13. The maximum Gasteiger partial charge on any atom is 0.259 e. The number of fused-ring (bicyclic) bond motifs is 1. The number of nitrogens with one attached hydrogen (secondary N) is 2. The molecule has 2 N–H and O–H groups in total. The number of nitrogens with zero attached hydrogens (tertiary/aromatic N) is 2. The minimum atomic E-state index is -0.192. The monoisotopic (exact) mass is 396 g/mol. The number of amides is 1. The molecule has 2 heterocycles. The molecule has 4 rings (SSSR count). The standard InChI is InChI=1S/C25H24N4O/c1-17(2)18-9-11-20(12-10-18)29-25(30)22-7-5-14-27-24(22)28-16-19-13-15-26-23-8-4-3-6-21(19)23/h3-15,17H,16H2,1-2H3,(H,27,28)(H,29,30). The second-order valence-electron chi connectivity index (χ2n) is 7.47. The normalized spacial score (nSPS) is 10.9. The first-order chi connectivity index (χ1) is 14.6. The van der Waals surface area contributed by atoms with Crippen LogP contribution in [0.3, 0.4) is 0 Å². The molecule has 2 aromatic carbocycles. The highest BCUT2D eigenvalue weighted by molar-refractivity contribution is 6.07. The number of hydrogen-bond donors (Lipinski definition) is 2. The first kappa shape index (κ1) is 19.6. The van der Waals surface area contributed by atoms with Gasteiger partial charge < -0.3 is 10.6 Å². The first-order valence-corrected chi connectivity index (χ1v) is 10.0. The van der Waals surface area contributed by atoms with E-state index in [0.29, 0.717) is 23.8 Å². The minimum absolute atomic E-state index is 0.192. The van der Waals surface area contributed by atoms with E-state index in [1.807, 2.05) is 54.6 Å². The van der Waals surface area contributed by atoms with Crippen LogP contribution in [0.4, 0.5) is 11.5 Å². The van der Waals surface area contributed by atoms with Crippen LogP contribution in [0, 0.1) is 0 Å². The van der Waals surface area contributed by atoms with Gasteiger partial charge in [0.15, 0.2) is 0 Å². The zero-order chi connectivity index (χ0) is 20.9. The highest BCUT2D eigenvalue weighted by Crippen LogP contribution is 2.21. The molecule has 0 saturated heterocycles. The number of carbonyl (C=O) groups excluding carboxylic acids is 1. The molecule has 0 aliphatic heterocycles. The molecule has 0 bridgehead atoms. The van der Waals surface area contributed by atoms with E-state index in [-0.39, 0.29) is 5.91 Å². The van der Waals surface area contributed by atoms with Gasteiger partial charge in [-0.15, -0.1) is 0 Å². The first-order valence-electron chi connectivity index (χ1n) is 10.0. The van der Waals surface area contributed by atoms with Crippen LogP contribution in [0.5, 0.6) is 0 Å². The van der Waals surface area contributed by atoms with Crippen LogP contribution in [-0.4, -0.2) is 15.9 Å². The lowest BCUT2D eigenvalue weighted by molar-refractivity contribution is 0.102. The van der Waals surface area contributed by atoms with Crippen molar-refractivity contribution in [2.75, 3.05) is 10.6 Å². The number of benzene rings is 2. The van der Waals surface area contributed by atoms with Gasteiger partial charge in [-0.25, -0.2) is 4.98 Å². The highest BCUT2D eigenvalue weighted by atomic mass is 16.1. The summed E-state index contributed by atoms with van der Waals surface area (Å²) in [5.41, 5.74) is 4.55. The summed E-state index contributed by atoms with van der Waals surface area (Å²) < 4.78 is 0. The number of hydrogen-bond acceptors (Lipinski definition) is 4. The topological polar surface area (TPSA) is 66.9 Å². The predicted molar refractivity (Wildman–Crippen MR) is 122 cm³/mol. The molecule has 0 saturated carbocycles. The molecule has 30 heavy (non-hydrogen) atoms. The average Bonchev–Trinajstić information content (AvgIpc) is 2.78. The van der Waals surface area contributed by atoms with E-state index in [1.54, 1.807) is 24.5 Å². The SMILES string of the molecule is CC(C)c1ccc(NC(=O)c2cccnc2NCc2ccnc3ccccc23)cc1. The van der Waals surface area contributed by atoms with Gasteiger partial charge in [0.05, 0.1) is 11.1 Å². The summed E-state index contributed by atoms with van der Waals surface area (Å²) in [6.07, 6.45) is 3.48. The number of rotatable bonds is 6. The van der Waals surface area contributed by atoms with Crippen LogP contribution in [-0.2, 0) is 6.54 Å². The van der Waals surface area contributed by atoms with Crippen molar-refractivity contribution in [3.05, 3.63) is 95.8 Å². The fraction of sp³-hybridized carbons (Fsp3) is 0.160. The van der Waals surface area contributed by atoms with E-state index in [4.69, 9.17) is 0 Å². The van der Waals surface area contributed by atoms with E-state index in [0.717, 1.165) is 22.2 Å². The van der Waals surface area contributed by atoms with E-state index >= 15 is 0 Å². The van der Waals surface area contributed by atoms with Gasteiger partial charge in [-0.05, 0) is 53.4 Å². The van der Waals surface area contributed by atoms with E-state index < -0.39 is 0 Å². The number of pyridine rings is 2. The van der Waals surface area contributed by atoms with Gasteiger partial charge in [0.1, 0.15) is 5.82 Å². The molecule has 0 fully saturated rings. The Bertz CT molecular complexity index is 1160. The second kappa shape index (κ2) is 8.74. The molecule has 4 aromatic rings. The van der Waals surface area contributed by atoms with Gasteiger partial charge in [-0.1, -0.05) is 44.2 Å². The van der Waals surface area contributed by atoms with Crippen molar-refractivity contribution in [3.63, 3.8) is 0 Å². The number of anilines is 2. The molecule has 5 heteroatoms. The molecule has 0 aliphatic rings. The van der Waals surface area contributed by atoms with Crippen molar-refractivity contribution >= 4 is 28.3 Å². The summed E-state index contributed by atoms with van der Waals surface area (Å²) in [5, 5.41) is 7.36. The average molecular weight is 396 g/mol. The van der Waals surface area contributed by atoms with Gasteiger partial charge in [-0.2, -0.15) is 0 Å². The molecule has 5 nitrogen and oxygen atoms in total. The third kappa shape index (κ3) is 4.30. The van der Waals surface area contributed by atoms with Crippen LogP contribution in [0.1, 0.15) is 41.3 Å². The van der Waals surface area contributed by atoms with Gasteiger partial charge in [0.2, 0.25) is 0 Å². The zero-order valence-electron chi connectivity index (χ0n) is 17.1. The molecule has 2 aromatic heterocycles. The lowest BCUT2D eigenvalue weighted by Gasteiger charge is -2.13. The van der Waals surface area contributed by atoms with Gasteiger partial charge >= 0.3 is 0 Å². The Morgan fingerprint density at radius 2 is 1.70 bits per heavy atom. The minimum Gasteiger partial charge on any atom is -0.365 e. The Hall–Kier alpha value is -3.73. The maximum absolute atomic E-state index is 12.9. The van der Waals surface area contributed by atoms with Crippen molar-refractivity contribution < 1.29 is 4.79 Å². The summed E-state index contributed by atoms with van der Waals surface area (Å²) in [7, 11) is 0. The van der Waals surface area contributed by atoms with Crippen molar-refractivity contribution in [2.45, 2.75) is 26.3 Å². The van der Waals surface area contributed by atoms with Crippen molar-refractivity contribution in [2.24, 2.45) is 0 Å². The molecule has 150 valence electrons. The van der Waals surface area contributed by atoms with E-state index in [1.165, 1.54) is 5.56 Å². The van der Waals surface area contributed by atoms with Crippen LogP contribution in [0.15, 0.2) is 79.1 Å². The summed E-state index contributed by atoms with van der Waals surface area (Å²) in [4.78, 5) is 21.7. The molecular formula is C25H24N4O. The quantitative estimate of drug-likeness (QED) is 0.444. The van der Waals surface area contributed by atoms with Crippen molar-refractivity contribution in [3.8, 4) is 0 Å². The Morgan fingerprint density at radius 1 is 0.900 bits per heavy atom. The van der Waals surface area contributed by atoms with E-state index in [9.17, 15) is 4.79 Å². The number of carbonyl (C=O) groups is 1. The maximum atomic E-state index is 12.9. The molecule has 1 amide bonds. The number of para-hydroxylation sites is 1.